The Balaban J connectivity index is 2.01. The topological polar surface area (TPSA) is 47.8 Å². The van der Waals surface area contributed by atoms with Crippen molar-refractivity contribution in [2.45, 2.75) is 12.4 Å². The Morgan fingerprint density at radius 3 is 2.95 bits per heavy atom. The van der Waals surface area contributed by atoms with Crippen molar-refractivity contribution in [1.29, 1.82) is 0 Å². The third kappa shape index (κ3) is 2.39. The Hall–Kier alpha value is -1.72. The maximum atomic E-state index is 12.3. The zero-order valence-electron chi connectivity index (χ0n) is 9.91. The molecule has 1 aromatic carbocycles. The van der Waals surface area contributed by atoms with Crippen molar-refractivity contribution in [3.8, 4) is 0 Å². The van der Waals surface area contributed by atoms with Crippen molar-refractivity contribution in [1.82, 2.24) is 14.8 Å². The van der Waals surface area contributed by atoms with Gasteiger partial charge in [0.05, 0.1) is 29.7 Å². The van der Waals surface area contributed by atoms with Gasteiger partial charge < -0.3 is 0 Å². The molecule has 0 aliphatic rings. The van der Waals surface area contributed by atoms with E-state index >= 15 is 0 Å². The van der Waals surface area contributed by atoms with Crippen LogP contribution in [0, 0.1) is 0 Å². The molecule has 0 saturated heterocycles. The lowest BCUT2D eigenvalue weighted by atomic mass is 10.2. The van der Waals surface area contributed by atoms with Gasteiger partial charge in [0.1, 0.15) is 5.01 Å². The molecule has 0 atom stereocenters. The number of rotatable bonds is 3. The number of thiazole rings is 1. The lowest BCUT2D eigenvalue weighted by Crippen LogP contribution is -2.23. The van der Waals surface area contributed by atoms with E-state index in [1.54, 1.807) is 6.20 Å². The fourth-order valence-electron chi connectivity index (χ4n) is 1.85. The third-order valence-corrected chi connectivity index (χ3v) is 3.94. The van der Waals surface area contributed by atoms with E-state index in [1.807, 2.05) is 29.6 Å². The number of hydrogen-bond acceptors (Lipinski definition) is 4. The van der Waals surface area contributed by atoms with Crippen LogP contribution in [0.2, 0.25) is 0 Å². The first-order valence-electron chi connectivity index (χ1n) is 5.72. The molecule has 0 spiro atoms. The van der Waals surface area contributed by atoms with Gasteiger partial charge in [-0.15, -0.1) is 22.9 Å². The molecule has 0 aliphatic heterocycles. The molecule has 2 heterocycles. The normalized spacial score (nSPS) is 11.0. The minimum Gasteiger partial charge on any atom is -0.267 e. The predicted molar refractivity (Wildman–Crippen MR) is 76.8 cm³/mol. The van der Waals surface area contributed by atoms with Crippen molar-refractivity contribution >= 4 is 33.7 Å². The van der Waals surface area contributed by atoms with Crippen LogP contribution in [0.1, 0.15) is 10.7 Å². The molecule has 96 valence electrons. The first-order valence-corrected chi connectivity index (χ1v) is 7.13. The summed E-state index contributed by atoms with van der Waals surface area (Å²) < 4.78 is 1.43. The van der Waals surface area contributed by atoms with E-state index in [9.17, 15) is 4.79 Å². The molecular formula is C13H10ClN3OS. The van der Waals surface area contributed by atoms with Gasteiger partial charge in [0.25, 0.3) is 5.56 Å². The molecule has 19 heavy (non-hydrogen) atoms. The van der Waals surface area contributed by atoms with Crippen LogP contribution in [-0.4, -0.2) is 14.8 Å². The van der Waals surface area contributed by atoms with Crippen molar-refractivity contribution in [2.75, 3.05) is 0 Å². The summed E-state index contributed by atoms with van der Waals surface area (Å²) in [5.74, 6) is 0.385. The second-order valence-corrected chi connectivity index (χ2v) is 5.27. The zero-order chi connectivity index (χ0) is 13.2. The van der Waals surface area contributed by atoms with Crippen LogP contribution >= 0.6 is 22.9 Å². The lowest BCUT2D eigenvalue weighted by molar-refractivity contribution is 0.643. The van der Waals surface area contributed by atoms with E-state index < -0.39 is 0 Å². The number of fused-ring (bicyclic) bond motifs is 1. The molecule has 0 radical (unpaired) electrons. The molecule has 0 aliphatic carbocycles. The average molecular weight is 292 g/mol. The summed E-state index contributed by atoms with van der Waals surface area (Å²) in [4.78, 5) is 16.6. The minimum atomic E-state index is -0.0966. The quantitative estimate of drug-likeness (QED) is 0.697. The molecule has 0 fully saturated rings. The van der Waals surface area contributed by atoms with Crippen molar-refractivity contribution in [3.05, 3.63) is 56.9 Å². The van der Waals surface area contributed by atoms with Gasteiger partial charge in [-0.05, 0) is 6.07 Å². The number of halogens is 1. The second kappa shape index (κ2) is 5.11. The summed E-state index contributed by atoms with van der Waals surface area (Å²) in [6.45, 7) is 0.380. The number of hydrogen-bond donors (Lipinski definition) is 0. The largest absolute Gasteiger partial charge is 0.275 e. The monoisotopic (exact) mass is 291 g/mol. The van der Waals surface area contributed by atoms with Crippen molar-refractivity contribution < 1.29 is 0 Å². The molecule has 3 aromatic rings. The van der Waals surface area contributed by atoms with Crippen LogP contribution in [0.25, 0.3) is 10.8 Å². The lowest BCUT2D eigenvalue weighted by Gasteiger charge is -2.03. The van der Waals surface area contributed by atoms with E-state index in [0.29, 0.717) is 17.8 Å². The predicted octanol–water partition coefficient (Wildman–Crippen LogP) is 2.64. The summed E-state index contributed by atoms with van der Waals surface area (Å²) in [6, 6.07) is 7.43. The molecule has 0 N–H and O–H groups in total. The standard InChI is InChI=1S/C13H10ClN3OS/c14-5-10-8-19-12(16-10)7-17-13(18)11-4-2-1-3-9(11)6-15-17/h1-4,6,8H,5,7H2. The Labute approximate surface area is 118 Å². The highest BCUT2D eigenvalue weighted by molar-refractivity contribution is 7.09. The number of alkyl halides is 1. The summed E-state index contributed by atoms with van der Waals surface area (Å²) in [6.07, 6.45) is 1.70. The van der Waals surface area contributed by atoms with Gasteiger partial charge in [-0.25, -0.2) is 9.67 Å². The molecule has 6 heteroatoms. The van der Waals surface area contributed by atoms with Crippen LogP contribution in [0.5, 0.6) is 0 Å². The fourth-order valence-corrected chi connectivity index (χ4v) is 2.85. The SMILES string of the molecule is O=c1c2ccccc2cnn1Cc1nc(CCl)cs1. The Morgan fingerprint density at radius 2 is 2.16 bits per heavy atom. The van der Waals surface area contributed by atoms with Crippen LogP contribution in [-0.2, 0) is 12.4 Å². The van der Waals surface area contributed by atoms with Crippen molar-refractivity contribution in [3.63, 3.8) is 0 Å². The fraction of sp³-hybridized carbons (Fsp3) is 0.154. The maximum absolute atomic E-state index is 12.3. The summed E-state index contributed by atoms with van der Waals surface area (Å²) in [7, 11) is 0. The first-order chi connectivity index (χ1) is 9.28. The van der Waals surface area contributed by atoms with E-state index in [4.69, 9.17) is 11.6 Å². The first kappa shape index (κ1) is 12.3. The smallest absolute Gasteiger partial charge is 0.267 e. The third-order valence-electron chi connectivity index (χ3n) is 2.78. The van der Waals surface area contributed by atoms with Crippen LogP contribution < -0.4 is 5.56 Å². The molecule has 0 saturated carbocycles. The van der Waals surface area contributed by atoms with Crippen LogP contribution in [0.3, 0.4) is 0 Å². The number of aromatic nitrogens is 3. The van der Waals surface area contributed by atoms with Gasteiger partial charge in [-0.3, -0.25) is 4.79 Å². The van der Waals surface area contributed by atoms with Gasteiger partial charge in [-0.2, -0.15) is 5.10 Å². The molecular weight excluding hydrogens is 282 g/mol. The number of benzene rings is 1. The minimum absolute atomic E-state index is 0.0966. The van der Waals surface area contributed by atoms with Gasteiger partial charge in [-0.1, -0.05) is 18.2 Å². The van der Waals surface area contributed by atoms with Crippen LogP contribution in [0.4, 0.5) is 0 Å². The Bertz CT molecular complexity index is 781. The van der Waals surface area contributed by atoms with Gasteiger partial charge in [0.2, 0.25) is 0 Å². The van der Waals surface area contributed by atoms with Crippen LogP contribution in [0.15, 0.2) is 40.6 Å². The van der Waals surface area contributed by atoms with E-state index in [-0.39, 0.29) is 5.56 Å². The summed E-state index contributed by atoms with van der Waals surface area (Å²) >= 11 is 7.20. The highest BCUT2D eigenvalue weighted by atomic mass is 35.5. The average Bonchev–Trinajstić information content (AvgIpc) is 2.90. The van der Waals surface area contributed by atoms with Gasteiger partial charge >= 0.3 is 0 Å². The Morgan fingerprint density at radius 1 is 1.32 bits per heavy atom. The molecule has 4 nitrogen and oxygen atoms in total. The summed E-state index contributed by atoms with van der Waals surface area (Å²) in [5.41, 5.74) is 0.733. The van der Waals surface area contributed by atoms with E-state index in [0.717, 1.165) is 16.1 Å². The molecule has 2 aromatic heterocycles. The maximum Gasteiger partial charge on any atom is 0.275 e. The second-order valence-electron chi connectivity index (χ2n) is 4.06. The molecule has 3 rings (SSSR count). The number of nitrogens with zero attached hydrogens (tertiary/aromatic N) is 3. The van der Waals surface area contributed by atoms with Gasteiger partial charge in [0, 0.05) is 10.8 Å². The summed E-state index contributed by atoms with van der Waals surface area (Å²) in [5, 5.41) is 8.43. The molecule has 0 amide bonds. The van der Waals surface area contributed by atoms with E-state index in [1.165, 1.54) is 16.0 Å². The molecule has 0 unspecified atom stereocenters. The van der Waals surface area contributed by atoms with Gasteiger partial charge in [0.15, 0.2) is 0 Å². The highest BCUT2D eigenvalue weighted by Gasteiger charge is 2.07. The highest BCUT2D eigenvalue weighted by Crippen LogP contribution is 2.13. The van der Waals surface area contributed by atoms with E-state index in [2.05, 4.69) is 10.1 Å². The zero-order valence-corrected chi connectivity index (χ0v) is 11.5. The Kier molecular flexibility index (Phi) is 3.31. The van der Waals surface area contributed by atoms with Crippen molar-refractivity contribution in [2.24, 2.45) is 0 Å². The molecule has 0 bridgehead atoms.